The molecule has 0 aliphatic heterocycles. The smallest absolute Gasteiger partial charge is 0.408 e. The molecule has 0 saturated heterocycles. The van der Waals surface area contributed by atoms with Crippen LogP contribution >= 0.6 is 0 Å². The van der Waals surface area contributed by atoms with Gasteiger partial charge in [-0.3, -0.25) is 4.79 Å². The van der Waals surface area contributed by atoms with Gasteiger partial charge in [-0.2, -0.15) is 0 Å². The van der Waals surface area contributed by atoms with Crippen molar-refractivity contribution in [3.05, 3.63) is 59.7 Å². The van der Waals surface area contributed by atoms with E-state index in [1.165, 1.54) is 11.9 Å². The monoisotopic (exact) mass is 438 g/mol. The van der Waals surface area contributed by atoms with Crippen molar-refractivity contribution >= 4 is 18.0 Å². The molecule has 32 heavy (non-hydrogen) atoms. The first kappa shape index (κ1) is 23.3. The number of aliphatic carboxylic acids is 1. The lowest BCUT2D eigenvalue weighted by Gasteiger charge is -2.34. The molecule has 0 radical (unpaired) electrons. The summed E-state index contributed by atoms with van der Waals surface area (Å²) in [6.45, 7) is 5.18. The normalized spacial score (nSPS) is 15.1. The molecule has 2 atom stereocenters. The van der Waals surface area contributed by atoms with Crippen LogP contribution in [0, 0.1) is 0 Å². The molecule has 0 spiro atoms. The zero-order valence-corrected chi connectivity index (χ0v) is 18.9. The van der Waals surface area contributed by atoms with Gasteiger partial charge in [-0.25, -0.2) is 9.59 Å². The summed E-state index contributed by atoms with van der Waals surface area (Å²) in [7, 11) is 1.44. The molecular formula is C25H30N2O5. The van der Waals surface area contributed by atoms with Crippen molar-refractivity contribution in [2.24, 2.45) is 0 Å². The summed E-state index contributed by atoms with van der Waals surface area (Å²) in [5, 5.41) is 12.0. The molecular weight excluding hydrogens is 408 g/mol. The van der Waals surface area contributed by atoms with Gasteiger partial charge in [0.2, 0.25) is 5.91 Å². The van der Waals surface area contributed by atoms with Crippen molar-refractivity contribution in [3.63, 3.8) is 0 Å². The van der Waals surface area contributed by atoms with E-state index in [9.17, 15) is 19.5 Å². The fourth-order valence-electron chi connectivity index (χ4n) is 4.30. The predicted molar refractivity (Wildman–Crippen MR) is 121 cm³/mol. The number of carbonyl (C=O) groups excluding carboxylic acids is 2. The summed E-state index contributed by atoms with van der Waals surface area (Å²) in [6.07, 6.45) is -0.153. The second-order valence-electron chi connectivity index (χ2n) is 8.31. The molecule has 0 heterocycles. The number of amides is 2. The number of ether oxygens (including phenoxy) is 1. The second-order valence-corrected chi connectivity index (χ2v) is 8.31. The molecule has 1 aliphatic carbocycles. The topological polar surface area (TPSA) is 95.9 Å². The van der Waals surface area contributed by atoms with Crippen LogP contribution in [-0.4, -0.2) is 53.2 Å². The van der Waals surface area contributed by atoms with Crippen LogP contribution in [0.4, 0.5) is 4.79 Å². The van der Waals surface area contributed by atoms with Crippen molar-refractivity contribution < 1.29 is 24.2 Å². The molecule has 0 bridgehead atoms. The molecule has 3 rings (SSSR count). The van der Waals surface area contributed by atoms with Gasteiger partial charge in [0.1, 0.15) is 18.2 Å². The summed E-state index contributed by atoms with van der Waals surface area (Å²) in [6, 6.07) is 15.1. The third-order valence-electron chi connectivity index (χ3n) is 6.36. The highest BCUT2D eigenvalue weighted by Crippen LogP contribution is 2.44. The number of carboxylic acid groups (broad SMARTS) is 1. The first-order chi connectivity index (χ1) is 15.2. The van der Waals surface area contributed by atoms with Gasteiger partial charge in [-0.1, -0.05) is 62.4 Å². The second kappa shape index (κ2) is 9.42. The zero-order valence-electron chi connectivity index (χ0n) is 18.9. The quantitative estimate of drug-likeness (QED) is 0.649. The first-order valence-corrected chi connectivity index (χ1v) is 10.9. The Kier molecular flexibility index (Phi) is 6.87. The molecule has 2 N–H and O–H groups in total. The maximum Gasteiger partial charge on any atom is 0.408 e. The number of hydrogen-bond acceptors (Lipinski definition) is 4. The van der Waals surface area contributed by atoms with Crippen LogP contribution in [0.2, 0.25) is 0 Å². The highest BCUT2D eigenvalue weighted by molar-refractivity contribution is 5.92. The summed E-state index contributed by atoms with van der Waals surface area (Å²) in [4.78, 5) is 38.3. The third kappa shape index (κ3) is 4.33. The standard InChI is InChI=1S/C25H30N2O5/c1-5-21(22(28)29)27(4)23(30)25(3,6-2)26-24(31)32-15-20-18-13-9-7-11-16(18)17-12-8-10-14-19(17)20/h7-14,20-21H,5-6,15H2,1-4H3,(H,26,31)(H,28,29). The molecule has 170 valence electrons. The average molecular weight is 439 g/mol. The lowest BCUT2D eigenvalue weighted by Crippen LogP contribution is -2.59. The van der Waals surface area contributed by atoms with E-state index in [2.05, 4.69) is 17.4 Å². The molecule has 7 heteroatoms. The molecule has 2 aromatic carbocycles. The Bertz CT molecular complexity index is 975. The summed E-state index contributed by atoms with van der Waals surface area (Å²) in [5.74, 6) is -1.64. The minimum Gasteiger partial charge on any atom is -0.480 e. The van der Waals surface area contributed by atoms with Crippen LogP contribution in [0.3, 0.4) is 0 Å². The van der Waals surface area contributed by atoms with Crippen LogP contribution in [0.25, 0.3) is 11.1 Å². The maximum atomic E-state index is 13.0. The molecule has 2 amide bonds. The van der Waals surface area contributed by atoms with Crippen molar-refractivity contribution in [1.82, 2.24) is 10.2 Å². The fourth-order valence-corrected chi connectivity index (χ4v) is 4.30. The summed E-state index contributed by atoms with van der Waals surface area (Å²) < 4.78 is 5.56. The van der Waals surface area contributed by atoms with E-state index < -0.39 is 29.6 Å². The van der Waals surface area contributed by atoms with Gasteiger partial charge in [-0.05, 0) is 42.0 Å². The van der Waals surface area contributed by atoms with Gasteiger partial charge in [0.05, 0.1) is 0 Å². The van der Waals surface area contributed by atoms with E-state index in [0.717, 1.165) is 22.3 Å². The number of alkyl carbamates (subject to hydrolysis) is 1. The van der Waals surface area contributed by atoms with Gasteiger partial charge < -0.3 is 20.1 Å². The Morgan fingerprint density at radius 1 is 1.06 bits per heavy atom. The Morgan fingerprint density at radius 3 is 2.06 bits per heavy atom. The molecule has 0 fully saturated rings. The molecule has 0 aromatic heterocycles. The fraction of sp³-hybridized carbons (Fsp3) is 0.400. The van der Waals surface area contributed by atoms with Gasteiger partial charge in [0, 0.05) is 13.0 Å². The number of benzene rings is 2. The lowest BCUT2D eigenvalue weighted by atomic mass is 9.96. The maximum absolute atomic E-state index is 13.0. The number of carboxylic acids is 1. The first-order valence-electron chi connectivity index (χ1n) is 10.9. The van der Waals surface area contributed by atoms with Crippen molar-refractivity contribution in [2.75, 3.05) is 13.7 Å². The number of fused-ring (bicyclic) bond motifs is 3. The molecule has 0 saturated carbocycles. The van der Waals surface area contributed by atoms with E-state index in [1.807, 2.05) is 36.4 Å². The minimum absolute atomic E-state index is 0.0871. The largest absolute Gasteiger partial charge is 0.480 e. The van der Waals surface area contributed by atoms with Crippen LogP contribution in [0.1, 0.15) is 50.7 Å². The average Bonchev–Trinajstić information content (AvgIpc) is 3.11. The van der Waals surface area contributed by atoms with E-state index in [0.29, 0.717) is 0 Å². The van der Waals surface area contributed by atoms with Crippen LogP contribution in [-0.2, 0) is 14.3 Å². The van der Waals surface area contributed by atoms with Crippen LogP contribution in [0.15, 0.2) is 48.5 Å². The highest BCUT2D eigenvalue weighted by atomic mass is 16.5. The number of rotatable bonds is 8. The van der Waals surface area contributed by atoms with E-state index in [4.69, 9.17) is 4.74 Å². The molecule has 2 unspecified atom stereocenters. The van der Waals surface area contributed by atoms with E-state index >= 15 is 0 Å². The highest BCUT2D eigenvalue weighted by Gasteiger charge is 2.39. The summed E-state index contributed by atoms with van der Waals surface area (Å²) >= 11 is 0. The van der Waals surface area contributed by atoms with E-state index in [1.54, 1.807) is 20.8 Å². The Hall–Kier alpha value is -3.35. The van der Waals surface area contributed by atoms with Crippen LogP contribution in [0.5, 0.6) is 0 Å². The molecule has 2 aromatic rings. The number of nitrogens with one attached hydrogen (secondary N) is 1. The van der Waals surface area contributed by atoms with E-state index in [-0.39, 0.29) is 25.4 Å². The molecule has 1 aliphatic rings. The van der Waals surface area contributed by atoms with Crippen LogP contribution < -0.4 is 5.32 Å². The minimum atomic E-state index is -1.28. The van der Waals surface area contributed by atoms with Crippen molar-refractivity contribution in [1.29, 1.82) is 0 Å². The Morgan fingerprint density at radius 2 is 1.59 bits per heavy atom. The third-order valence-corrected chi connectivity index (χ3v) is 6.36. The predicted octanol–water partition coefficient (Wildman–Crippen LogP) is 4.02. The number of hydrogen-bond donors (Lipinski definition) is 2. The zero-order chi connectivity index (χ0) is 23.5. The van der Waals surface area contributed by atoms with Gasteiger partial charge >= 0.3 is 12.1 Å². The molecule has 7 nitrogen and oxygen atoms in total. The van der Waals surface area contributed by atoms with Gasteiger partial charge in [-0.15, -0.1) is 0 Å². The van der Waals surface area contributed by atoms with Crippen molar-refractivity contribution in [2.45, 2.75) is 51.1 Å². The van der Waals surface area contributed by atoms with Gasteiger partial charge in [0.15, 0.2) is 0 Å². The van der Waals surface area contributed by atoms with Gasteiger partial charge in [0.25, 0.3) is 0 Å². The number of nitrogens with zero attached hydrogens (tertiary/aromatic N) is 1. The Balaban J connectivity index is 1.71. The number of carbonyl (C=O) groups is 3. The Labute approximate surface area is 188 Å². The number of likely N-dealkylation sites (N-methyl/N-ethyl adjacent to an activating group) is 1. The summed E-state index contributed by atoms with van der Waals surface area (Å²) in [5.41, 5.74) is 3.18. The lowest BCUT2D eigenvalue weighted by molar-refractivity contribution is -0.151. The SMILES string of the molecule is CCC(C(=O)O)N(C)C(=O)C(C)(CC)NC(=O)OCC1c2ccccc2-c2ccccc21. The van der Waals surface area contributed by atoms with Crippen molar-refractivity contribution in [3.8, 4) is 11.1 Å².